The molecule has 0 unspecified atom stereocenters. The van der Waals surface area contributed by atoms with Gasteiger partial charge in [0.05, 0.1) is 41.4 Å². The number of aromatic hydroxyl groups is 1. The molecule has 1 amide bonds. The average Bonchev–Trinajstić information content (AvgIpc) is 3.38. The van der Waals surface area contributed by atoms with Crippen molar-refractivity contribution >= 4 is 32.8 Å². The largest absolute Gasteiger partial charge is 0.503 e. The number of furan rings is 1. The van der Waals surface area contributed by atoms with Gasteiger partial charge in [-0.25, -0.2) is 0 Å². The minimum atomic E-state index is -0.751. The summed E-state index contributed by atoms with van der Waals surface area (Å²) < 4.78 is 17.0. The molecule has 0 aliphatic carbocycles. The number of hydrogen-bond acceptors (Lipinski definition) is 6. The summed E-state index contributed by atoms with van der Waals surface area (Å²) in [4.78, 5) is 28.3. The van der Waals surface area contributed by atoms with Crippen LogP contribution < -0.4 is 10.2 Å². The van der Waals surface area contributed by atoms with Gasteiger partial charge in [-0.15, -0.1) is 0 Å². The molecule has 5 rings (SSSR count). The number of ether oxygens (including phenoxy) is 1. The summed E-state index contributed by atoms with van der Waals surface area (Å²) in [6.07, 6.45) is 1.52. The number of carbonyl (C=O) groups is 1. The quantitative estimate of drug-likeness (QED) is 0.457. The monoisotopic (exact) mass is 481 g/mol. The third-order valence-corrected chi connectivity index (χ3v) is 5.97. The predicted molar refractivity (Wildman–Crippen MR) is 115 cm³/mol. The SMILES string of the molecule is COc1cc([C@@H]2c3c(oc4ccccc4c3=O)C(=O)N2Cc2ccco2)cc(Br)c1O. The third-order valence-electron chi connectivity index (χ3n) is 5.37. The molecule has 0 radical (unpaired) electrons. The number of rotatable bonds is 4. The van der Waals surface area contributed by atoms with E-state index in [9.17, 15) is 14.7 Å². The van der Waals surface area contributed by atoms with Crippen LogP contribution in [0.1, 0.15) is 33.5 Å². The number of hydrogen-bond donors (Lipinski definition) is 1. The molecule has 1 N–H and O–H groups in total. The number of fused-ring (bicyclic) bond motifs is 2. The van der Waals surface area contributed by atoms with Gasteiger partial charge >= 0.3 is 0 Å². The number of halogens is 1. The summed E-state index contributed by atoms with van der Waals surface area (Å²) in [5.74, 6) is 0.297. The number of methoxy groups -OCH3 is 1. The number of phenols is 1. The summed E-state index contributed by atoms with van der Waals surface area (Å²) in [5, 5.41) is 10.6. The van der Waals surface area contributed by atoms with Crippen LogP contribution in [0, 0.1) is 0 Å². The zero-order chi connectivity index (χ0) is 21.7. The Labute approximate surface area is 184 Å². The number of amides is 1. The van der Waals surface area contributed by atoms with Gasteiger partial charge in [0.25, 0.3) is 5.91 Å². The van der Waals surface area contributed by atoms with Gasteiger partial charge < -0.3 is 23.6 Å². The Morgan fingerprint density at radius 2 is 1.97 bits per heavy atom. The fourth-order valence-electron chi connectivity index (χ4n) is 3.95. The lowest BCUT2D eigenvalue weighted by Crippen LogP contribution is -2.29. The number of para-hydroxylation sites is 1. The molecule has 3 heterocycles. The molecule has 0 saturated heterocycles. The van der Waals surface area contributed by atoms with Crippen molar-refractivity contribution in [3.63, 3.8) is 0 Å². The molecule has 0 saturated carbocycles. The van der Waals surface area contributed by atoms with E-state index in [0.717, 1.165) is 0 Å². The van der Waals surface area contributed by atoms with Crippen molar-refractivity contribution < 1.29 is 23.5 Å². The summed E-state index contributed by atoms with van der Waals surface area (Å²) in [6, 6.07) is 12.8. The molecule has 0 spiro atoms. The molecule has 7 nitrogen and oxygen atoms in total. The lowest BCUT2D eigenvalue weighted by Gasteiger charge is -2.25. The third kappa shape index (κ3) is 3.02. The second-order valence-corrected chi connectivity index (χ2v) is 7.99. The molecule has 8 heteroatoms. The maximum Gasteiger partial charge on any atom is 0.291 e. The van der Waals surface area contributed by atoms with Gasteiger partial charge in [-0.2, -0.15) is 0 Å². The van der Waals surface area contributed by atoms with Crippen molar-refractivity contribution in [3.05, 3.63) is 92.1 Å². The van der Waals surface area contributed by atoms with Gasteiger partial charge in [0.2, 0.25) is 5.76 Å². The van der Waals surface area contributed by atoms with Crippen molar-refractivity contribution in [2.24, 2.45) is 0 Å². The van der Waals surface area contributed by atoms with Crippen LogP contribution in [0.2, 0.25) is 0 Å². The fourth-order valence-corrected chi connectivity index (χ4v) is 4.41. The molecule has 1 aliphatic heterocycles. The Morgan fingerprint density at radius 3 is 2.71 bits per heavy atom. The van der Waals surface area contributed by atoms with Crippen LogP contribution in [0.4, 0.5) is 0 Å². The van der Waals surface area contributed by atoms with Crippen LogP contribution in [-0.4, -0.2) is 23.0 Å². The average molecular weight is 482 g/mol. The highest BCUT2D eigenvalue weighted by Crippen LogP contribution is 2.44. The standard InChI is InChI=1S/C23H16BrNO6/c1-29-17-10-12(9-15(24)21(17)27)19-18-20(26)14-6-2-3-7-16(14)31-22(18)23(28)25(19)11-13-5-4-8-30-13/h2-10,19,27H,11H2,1H3/t19-/m1/s1. The van der Waals surface area contributed by atoms with E-state index in [1.54, 1.807) is 48.5 Å². The Kier molecular flexibility index (Phi) is 4.59. The van der Waals surface area contributed by atoms with Crippen LogP contribution in [-0.2, 0) is 6.54 Å². The highest BCUT2D eigenvalue weighted by Gasteiger charge is 2.43. The first-order valence-corrected chi connectivity index (χ1v) is 10.2. The molecular weight excluding hydrogens is 466 g/mol. The molecule has 0 bridgehead atoms. The molecule has 1 atom stereocenters. The topological polar surface area (TPSA) is 93.1 Å². The van der Waals surface area contributed by atoms with E-state index in [0.29, 0.717) is 26.8 Å². The Morgan fingerprint density at radius 1 is 1.16 bits per heavy atom. The van der Waals surface area contributed by atoms with Crippen LogP contribution in [0.25, 0.3) is 11.0 Å². The first-order valence-electron chi connectivity index (χ1n) is 9.45. The summed E-state index contributed by atoms with van der Waals surface area (Å²) in [7, 11) is 1.43. The fraction of sp³-hybridized carbons (Fsp3) is 0.130. The Bertz CT molecular complexity index is 1380. The number of benzene rings is 2. The minimum absolute atomic E-state index is 0.00317. The van der Waals surface area contributed by atoms with Crippen LogP contribution in [0.15, 0.2) is 72.9 Å². The lowest BCUT2D eigenvalue weighted by atomic mass is 9.98. The highest BCUT2D eigenvalue weighted by atomic mass is 79.9. The van der Waals surface area contributed by atoms with Crippen molar-refractivity contribution in [1.82, 2.24) is 4.90 Å². The first-order chi connectivity index (χ1) is 15.0. The maximum atomic E-state index is 13.4. The molecule has 0 fully saturated rings. The smallest absolute Gasteiger partial charge is 0.291 e. The second-order valence-electron chi connectivity index (χ2n) is 7.14. The first kappa shape index (κ1) is 19.4. The van der Waals surface area contributed by atoms with E-state index >= 15 is 0 Å². The van der Waals surface area contributed by atoms with Crippen LogP contribution in [0.3, 0.4) is 0 Å². The van der Waals surface area contributed by atoms with E-state index < -0.39 is 11.9 Å². The van der Waals surface area contributed by atoms with Gasteiger partial charge in [-0.1, -0.05) is 12.1 Å². The van der Waals surface area contributed by atoms with E-state index in [4.69, 9.17) is 13.6 Å². The number of carbonyl (C=O) groups excluding carboxylic acids is 1. The predicted octanol–water partition coefficient (Wildman–Crippen LogP) is 4.61. The van der Waals surface area contributed by atoms with E-state index in [1.807, 2.05) is 0 Å². The zero-order valence-corrected chi connectivity index (χ0v) is 17.9. The van der Waals surface area contributed by atoms with Gasteiger partial charge in [0.1, 0.15) is 11.3 Å². The number of phenolic OH excluding ortho intramolecular Hbond substituents is 1. The van der Waals surface area contributed by atoms with Crippen molar-refractivity contribution in [3.8, 4) is 11.5 Å². The molecule has 156 valence electrons. The normalized spacial score (nSPS) is 15.5. The van der Waals surface area contributed by atoms with Crippen LogP contribution >= 0.6 is 15.9 Å². The minimum Gasteiger partial charge on any atom is -0.503 e. The van der Waals surface area contributed by atoms with Gasteiger partial charge in [-0.3, -0.25) is 9.59 Å². The van der Waals surface area contributed by atoms with Gasteiger partial charge in [-0.05, 0) is 57.9 Å². The van der Waals surface area contributed by atoms with Crippen molar-refractivity contribution in [2.75, 3.05) is 7.11 Å². The van der Waals surface area contributed by atoms with Crippen molar-refractivity contribution in [1.29, 1.82) is 0 Å². The Hall–Kier alpha value is -3.52. The summed E-state index contributed by atoms with van der Waals surface area (Å²) >= 11 is 3.33. The lowest BCUT2D eigenvalue weighted by molar-refractivity contribution is 0.0701. The number of nitrogens with zero attached hydrogens (tertiary/aromatic N) is 1. The molecule has 2 aromatic carbocycles. The summed E-state index contributed by atoms with van der Waals surface area (Å²) in [6.45, 7) is 0.136. The van der Waals surface area contributed by atoms with Crippen LogP contribution in [0.5, 0.6) is 11.5 Å². The highest BCUT2D eigenvalue weighted by molar-refractivity contribution is 9.10. The summed E-state index contributed by atoms with van der Waals surface area (Å²) in [5.41, 5.74) is 0.903. The molecular formula is C23H16BrNO6. The molecule has 2 aromatic heterocycles. The zero-order valence-electron chi connectivity index (χ0n) is 16.3. The van der Waals surface area contributed by atoms with Crippen molar-refractivity contribution in [2.45, 2.75) is 12.6 Å². The maximum absolute atomic E-state index is 13.4. The van der Waals surface area contributed by atoms with Gasteiger partial charge in [0.15, 0.2) is 16.9 Å². The Balaban J connectivity index is 1.77. The van der Waals surface area contributed by atoms with E-state index in [1.165, 1.54) is 18.3 Å². The van der Waals surface area contributed by atoms with E-state index in [-0.39, 0.29) is 34.8 Å². The van der Waals surface area contributed by atoms with Gasteiger partial charge in [0, 0.05) is 0 Å². The van der Waals surface area contributed by atoms with E-state index in [2.05, 4.69) is 15.9 Å². The molecule has 1 aliphatic rings. The molecule has 4 aromatic rings. The molecule has 31 heavy (non-hydrogen) atoms. The second kappa shape index (κ2) is 7.31.